The van der Waals surface area contributed by atoms with Crippen molar-refractivity contribution in [2.24, 2.45) is 7.05 Å². The van der Waals surface area contributed by atoms with Gasteiger partial charge in [-0.15, -0.1) is 21.5 Å². The van der Waals surface area contributed by atoms with E-state index in [4.69, 9.17) is 0 Å². The fourth-order valence-corrected chi connectivity index (χ4v) is 3.71. The summed E-state index contributed by atoms with van der Waals surface area (Å²) in [6, 6.07) is 0. The summed E-state index contributed by atoms with van der Waals surface area (Å²) >= 11 is 3.06. The molecule has 0 saturated carbocycles. The van der Waals surface area contributed by atoms with Crippen LogP contribution in [0.4, 0.5) is 0 Å². The van der Waals surface area contributed by atoms with E-state index in [0.29, 0.717) is 17.0 Å². The lowest BCUT2D eigenvalue weighted by Crippen LogP contribution is -2.11. The third kappa shape index (κ3) is 2.25. The maximum absolute atomic E-state index is 12.1. The van der Waals surface area contributed by atoms with Gasteiger partial charge in [-0.2, -0.15) is 0 Å². The van der Waals surface area contributed by atoms with Gasteiger partial charge in [0.25, 0.3) is 5.56 Å². The fraction of sp³-hybridized carbons (Fsp3) is 0.333. The minimum Gasteiger partial charge on any atom is -0.312 e. The topological polar surface area (TPSA) is 76.5 Å². The number of thiophene rings is 1. The molecule has 20 heavy (non-hydrogen) atoms. The first-order valence-electron chi connectivity index (χ1n) is 6.02. The van der Waals surface area contributed by atoms with Crippen LogP contribution in [0.15, 0.2) is 16.3 Å². The number of aryl methyl sites for hydroxylation is 3. The zero-order chi connectivity index (χ0) is 14.3. The minimum atomic E-state index is -0.0644. The molecule has 104 valence electrons. The van der Waals surface area contributed by atoms with Crippen LogP contribution in [0, 0.1) is 13.8 Å². The van der Waals surface area contributed by atoms with Crippen LogP contribution in [0.5, 0.6) is 0 Å². The molecule has 0 aliphatic carbocycles. The smallest absolute Gasteiger partial charge is 0.259 e. The van der Waals surface area contributed by atoms with Crippen LogP contribution in [0.2, 0.25) is 0 Å². The minimum absolute atomic E-state index is 0.0644. The zero-order valence-electron chi connectivity index (χ0n) is 11.3. The van der Waals surface area contributed by atoms with E-state index in [1.54, 1.807) is 17.7 Å². The number of nitrogens with zero attached hydrogens (tertiary/aromatic N) is 4. The summed E-state index contributed by atoms with van der Waals surface area (Å²) in [6.07, 6.45) is 1.65. The van der Waals surface area contributed by atoms with Gasteiger partial charge >= 0.3 is 0 Å². The molecule has 3 aromatic heterocycles. The molecule has 3 heterocycles. The first-order valence-corrected chi connectivity index (χ1v) is 7.82. The molecule has 0 radical (unpaired) electrons. The van der Waals surface area contributed by atoms with Crippen LogP contribution in [-0.4, -0.2) is 24.7 Å². The van der Waals surface area contributed by atoms with E-state index in [-0.39, 0.29) is 5.56 Å². The van der Waals surface area contributed by atoms with Crippen molar-refractivity contribution in [3.8, 4) is 0 Å². The van der Waals surface area contributed by atoms with Gasteiger partial charge in [0.1, 0.15) is 17.0 Å². The largest absolute Gasteiger partial charge is 0.312 e. The van der Waals surface area contributed by atoms with E-state index >= 15 is 0 Å². The molecule has 8 heteroatoms. The molecule has 0 bridgehead atoms. The Balaban J connectivity index is 1.93. The van der Waals surface area contributed by atoms with E-state index in [2.05, 4.69) is 20.2 Å². The fourth-order valence-electron chi connectivity index (χ4n) is 1.90. The normalized spacial score (nSPS) is 11.3. The molecular weight excluding hydrogens is 294 g/mol. The number of thioether (sulfide) groups is 1. The first kappa shape index (κ1) is 13.3. The van der Waals surface area contributed by atoms with Gasteiger partial charge in [-0.3, -0.25) is 4.79 Å². The molecule has 0 fully saturated rings. The number of aromatic amines is 1. The maximum Gasteiger partial charge on any atom is 0.259 e. The van der Waals surface area contributed by atoms with Gasteiger partial charge in [-0.1, -0.05) is 11.8 Å². The van der Waals surface area contributed by atoms with Gasteiger partial charge in [0.15, 0.2) is 5.16 Å². The van der Waals surface area contributed by atoms with Gasteiger partial charge in [0.2, 0.25) is 0 Å². The number of hydrogen-bond acceptors (Lipinski definition) is 6. The lowest BCUT2D eigenvalue weighted by molar-refractivity contribution is 0.787. The Morgan fingerprint density at radius 2 is 2.25 bits per heavy atom. The predicted octanol–water partition coefficient (Wildman–Crippen LogP) is 2.02. The molecule has 0 aromatic carbocycles. The highest BCUT2D eigenvalue weighted by Gasteiger charge is 2.12. The molecule has 3 rings (SSSR count). The van der Waals surface area contributed by atoms with Gasteiger partial charge in [-0.25, -0.2) is 4.98 Å². The van der Waals surface area contributed by atoms with Crippen molar-refractivity contribution >= 4 is 33.3 Å². The monoisotopic (exact) mass is 307 g/mol. The number of H-pyrrole nitrogens is 1. The van der Waals surface area contributed by atoms with Crippen LogP contribution in [0.3, 0.4) is 0 Å². The van der Waals surface area contributed by atoms with E-state index in [0.717, 1.165) is 20.4 Å². The molecule has 3 aromatic rings. The summed E-state index contributed by atoms with van der Waals surface area (Å²) in [5.74, 6) is 1.23. The Hall–Kier alpha value is -1.67. The Kier molecular flexibility index (Phi) is 3.35. The van der Waals surface area contributed by atoms with Gasteiger partial charge in [0, 0.05) is 11.9 Å². The molecule has 0 amide bonds. The van der Waals surface area contributed by atoms with E-state index in [1.807, 2.05) is 25.5 Å². The second-order valence-corrected chi connectivity index (χ2v) is 6.63. The SMILES string of the molecule is Cc1sc2nc(CSc3nncn3C)[nH]c(=O)c2c1C. The Morgan fingerprint density at radius 1 is 1.45 bits per heavy atom. The zero-order valence-corrected chi connectivity index (χ0v) is 12.9. The van der Waals surface area contributed by atoms with Crippen molar-refractivity contribution in [2.45, 2.75) is 24.8 Å². The van der Waals surface area contributed by atoms with Crippen molar-refractivity contribution < 1.29 is 0 Å². The number of fused-ring (bicyclic) bond motifs is 1. The van der Waals surface area contributed by atoms with Crippen molar-refractivity contribution in [3.05, 3.63) is 32.9 Å². The summed E-state index contributed by atoms with van der Waals surface area (Å²) in [5.41, 5.74) is 0.955. The van der Waals surface area contributed by atoms with Crippen molar-refractivity contribution in [1.29, 1.82) is 0 Å². The number of aromatic nitrogens is 5. The van der Waals surface area contributed by atoms with Crippen LogP contribution in [0.1, 0.15) is 16.3 Å². The molecule has 0 aliphatic rings. The average molecular weight is 307 g/mol. The van der Waals surface area contributed by atoms with Gasteiger partial charge in [0.05, 0.1) is 11.1 Å². The first-order chi connectivity index (χ1) is 9.56. The summed E-state index contributed by atoms with van der Waals surface area (Å²) in [7, 11) is 1.88. The number of hydrogen-bond donors (Lipinski definition) is 1. The molecule has 0 saturated heterocycles. The van der Waals surface area contributed by atoms with Crippen LogP contribution in [0.25, 0.3) is 10.2 Å². The van der Waals surface area contributed by atoms with E-state index < -0.39 is 0 Å². The van der Waals surface area contributed by atoms with Crippen LogP contribution < -0.4 is 5.56 Å². The third-order valence-corrected chi connectivity index (χ3v) is 5.24. The second-order valence-electron chi connectivity index (χ2n) is 4.49. The third-order valence-electron chi connectivity index (χ3n) is 3.10. The lowest BCUT2D eigenvalue weighted by Gasteiger charge is -2.01. The van der Waals surface area contributed by atoms with Gasteiger partial charge < -0.3 is 9.55 Å². The molecule has 0 spiro atoms. The van der Waals surface area contributed by atoms with Crippen molar-refractivity contribution in [1.82, 2.24) is 24.7 Å². The van der Waals surface area contributed by atoms with E-state index in [9.17, 15) is 4.79 Å². The standard InChI is InChI=1S/C12H13N5OS2/c1-6-7(2)20-11-9(6)10(18)14-8(15-11)4-19-12-16-13-5-17(12)3/h5H,4H2,1-3H3,(H,14,15,18). The highest BCUT2D eigenvalue weighted by molar-refractivity contribution is 7.98. The number of nitrogens with one attached hydrogen (secondary N) is 1. The molecule has 0 aliphatic heterocycles. The second kappa shape index (κ2) is 5.02. The maximum atomic E-state index is 12.1. The highest BCUT2D eigenvalue weighted by Crippen LogP contribution is 2.26. The predicted molar refractivity (Wildman–Crippen MR) is 80.3 cm³/mol. The molecule has 0 atom stereocenters. The summed E-state index contributed by atoms with van der Waals surface area (Å²) < 4.78 is 1.83. The lowest BCUT2D eigenvalue weighted by atomic mass is 10.2. The number of rotatable bonds is 3. The van der Waals surface area contributed by atoms with Crippen LogP contribution >= 0.6 is 23.1 Å². The average Bonchev–Trinajstić information content (AvgIpc) is 2.92. The Labute approximate surface area is 123 Å². The summed E-state index contributed by atoms with van der Waals surface area (Å²) in [5, 5.41) is 9.32. The molecular formula is C12H13N5OS2. The molecule has 1 N–H and O–H groups in total. The van der Waals surface area contributed by atoms with Crippen LogP contribution in [-0.2, 0) is 12.8 Å². The summed E-state index contributed by atoms with van der Waals surface area (Å²) in [4.78, 5) is 21.4. The van der Waals surface area contributed by atoms with E-state index in [1.165, 1.54) is 11.8 Å². The Bertz CT molecular complexity index is 832. The van der Waals surface area contributed by atoms with Gasteiger partial charge in [-0.05, 0) is 19.4 Å². The Morgan fingerprint density at radius 3 is 2.95 bits per heavy atom. The quantitative estimate of drug-likeness (QED) is 0.749. The molecule has 6 nitrogen and oxygen atoms in total. The highest BCUT2D eigenvalue weighted by atomic mass is 32.2. The van der Waals surface area contributed by atoms with Crippen molar-refractivity contribution in [3.63, 3.8) is 0 Å². The van der Waals surface area contributed by atoms with Crippen molar-refractivity contribution in [2.75, 3.05) is 0 Å². The summed E-state index contributed by atoms with van der Waals surface area (Å²) in [6.45, 7) is 3.97. The molecule has 0 unspecified atom stereocenters.